The van der Waals surface area contributed by atoms with E-state index in [0.29, 0.717) is 24.6 Å². The molecule has 3 heterocycles. The van der Waals surface area contributed by atoms with Gasteiger partial charge in [0.25, 0.3) is 5.91 Å². The standard InChI is InChI=1S/C21H23FN6O/c1-2-23-20(29)18-14-28(17-8-4-3-5-9-17)26-19(18)15-7-6-10-27(13-15)21-24-11-16(22)12-25-21/h3-5,8-9,11-12,14-15H,2,6-7,10,13H2,1H3,(H,23,29)/t15-/m0/s1. The number of hydrogen-bond acceptors (Lipinski definition) is 5. The highest BCUT2D eigenvalue weighted by Gasteiger charge is 2.29. The number of nitrogens with one attached hydrogen (secondary N) is 1. The number of anilines is 1. The van der Waals surface area contributed by atoms with Crippen molar-refractivity contribution in [1.82, 2.24) is 25.1 Å². The van der Waals surface area contributed by atoms with Crippen LogP contribution in [0, 0.1) is 5.82 Å². The average molecular weight is 394 g/mol. The zero-order chi connectivity index (χ0) is 20.2. The van der Waals surface area contributed by atoms with Gasteiger partial charge in [-0.2, -0.15) is 5.10 Å². The van der Waals surface area contributed by atoms with Crippen LogP contribution >= 0.6 is 0 Å². The van der Waals surface area contributed by atoms with Crippen LogP contribution in [-0.2, 0) is 0 Å². The molecule has 0 spiro atoms. The lowest BCUT2D eigenvalue weighted by molar-refractivity contribution is 0.0954. The zero-order valence-corrected chi connectivity index (χ0v) is 16.3. The van der Waals surface area contributed by atoms with Crippen molar-refractivity contribution in [3.05, 3.63) is 66.0 Å². The number of hydrogen-bond donors (Lipinski definition) is 1. The van der Waals surface area contributed by atoms with Gasteiger partial charge in [-0.25, -0.2) is 19.0 Å². The van der Waals surface area contributed by atoms with Crippen molar-refractivity contribution in [3.63, 3.8) is 0 Å². The molecule has 0 saturated carbocycles. The summed E-state index contributed by atoms with van der Waals surface area (Å²) in [6.07, 6.45) is 5.98. The summed E-state index contributed by atoms with van der Waals surface area (Å²) >= 11 is 0. The Bertz CT molecular complexity index is 973. The van der Waals surface area contributed by atoms with E-state index >= 15 is 0 Å². The molecular formula is C21H23FN6O. The van der Waals surface area contributed by atoms with E-state index in [1.807, 2.05) is 42.2 Å². The second-order valence-electron chi connectivity index (χ2n) is 7.05. The van der Waals surface area contributed by atoms with E-state index in [4.69, 9.17) is 5.10 Å². The van der Waals surface area contributed by atoms with Gasteiger partial charge in [0.1, 0.15) is 0 Å². The largest absolute Gasteiger partial charge is 0.352 e. The molecule has 1 amide bonds. The molecule has 0 radical (unpaired) electrons. The molecule has 29 heavy (non-hydrogen) atoms. The quantitative estimate of drug-likeness (QED) is 0.720. The van der Waals surface area contributed by atoms with Gasteiger partial charge in [0.05, 0.1) is 29.3 Å². The Morgan fingerprint density at radius 3 is 2.72 bits per heavy atom. The highest BCUT2D eigenvalue weighted by molar-refractivity contribution is 5.95. The number of rotatable bonds is 5. The number of carbonyl (C=O) groups excluding carboxylic acids is 1. The van der Waals surface area contributed by atoms with E-state index in [9.17, 15) is 9.18 Å². The number of halogens is 1. The molecule has 0 bridgehead atoms. The Balaban J connectivity index is 1.66. The molecule has 8 heteroatoms. The topological polar surface area (TPSA) is 75.9 Å². The fourth-order valence-electron chi connectivity index (χ4n) is 3.68. The molecule has 150 valence electrons. The van der Waals surface area contributed by atoms with Crippen LogP contribution < -0.4 is 10.2 Å². The summed E-state index contributed by atoms with van der Waals surface area (Å²) in [5, 5.41) is 7.66. The van der Waals surface area contributed by atoms with Crippen molar-refractivity contribution in [2.24, 2.45) is 0 Å². The monoisotopic (exact) mass is 394 g/mol. The number of carbonyl (C=O) groups is 1. The predicted octanol–water partition coefficient (Wildman–Crippen LogP) is 2.94. The fourth-order valence-corrected chi connectivity index (χ4v) is 3.68. The van der Waals surface area contributed by atoms with Crippen molar-refractivity contribution in [1.29, 1.82) is 0 Å². The van der Waals surface area contributed by atoms with Crippen molar-refractivity contribution in [2.75, 3.05) is 24.5 Å². The van der Waals surface area contributed by atoms with Gasteiger partial charge in [-0.3, -0.25) is 4.79 Å². The highest BCUT2D eigenvalue weighted by atomic mass is 19.1. The third-order valence-electron chi connectivity index (χ3n) is 5.04. The van der Waals surface area contributed by atoms with Gasteiger partial charge in [-0.05, 0) is 31.9 Å². The van der Waals surface area contributed by atoms with Crippen LogP contribution in [0.2, 0.25) is 0 Å². The summed E-state index contributed by atoms with van der Waals surface area (Å²) in [5.41, 5.74) is 2.26. The Hall–Kier alpha value is -3.29. The van der Waals surface area contributed by atoms with Crippen molar-refractivity contribution >= 4 is 11.9 Å². The van der Waals surface area contributed by atoms with Crippen LogP contribution in [-0.4, -0.2) is 45.3 Å². The Labute approximate surface area is 168 Å². The maximum Gasteiger partial charge on any atom is 0.254 e. The minimum atomic E-state index is -0.456. The van der Waals surface area contributed by atoms with E-state index in [0.717, 1.165) is 30.8 Å². The molecule has 1 aliphatic rings. The maximum atomic E-state index is 13.2. The molecule has 2 aromatic heterocycles. The lowest BCUT2D eigenvalue weighted by Crippen LogP contribution is -2.36. The number of piperidine rings is 1. The van der Waals surface area contributed by atoms with Gasteiger partial charge < -0.3 is 10.2 Å². The maximum absolute atomic E-state index is 13.2. The number of nitrogens with zero attached hydrogens (tertiary/aromatic N) is 5. The smallest absolute Gasteiger partial charge is 0.254 e. The van der Waals surface area contributed by atoms with E-state index in [1.54, 1.807) is 10.9 Å². The highest BCUT2D eigenvalue weighted by Crippen LogP contribution is 2.30. The number of benzene rings is 1. The number of para-hydroxylation sites is 1. The van der Waals surface area contributed by atoms with Gasteiger partial charge in [-0.15, -0.1) is 0 Å². The average Bonchev–Trinajstić information content (AvgIpc) is 3.21. The molecule has 1 saturated heterocycles. The van der Waals surface area contributed by atoms with Gasteiger partial charge in [0.15, 0.2) is 5.82 Å². The Kier molecular flexibility index (Phi) is 5.50. The number of amides is 1. The molecule has 1 fully saturated rings. The van der Waals surface area contributed by atoms with Crippen molar-refractivity contribution in [2.45, 2.75) is 25.7 Å². The van der Waals surface area contributed by atoms with Crippen LogP contribution in [0.4, 0.5) is 10.3 Å². The molecule has 3 aromatic rings. The molecule has 7 nitrogen and oxygen atoms in total. The second kappa shape index (κ2) is 8.38. The minimum absolute atomic E-state index is 0.0555. The predicted molar refractivity (Wildman–Crippen MR) is 108 cm³/mol. The second-order valence-corrected chi connectivity index (χ2v) is 7.05. The molecule has 4 rings (SSSR count). The van der Waals surface area contributed by atoms with Crippen LogP contribution in [0.5, 0.6) is 0 Å². The lowest BCUT2D eigenvalue weighted by atomic mass is 9.92. The van der Waals surface area contributed by atoms with Crippen LogP contribution in [0.1, 0.15) is 41.7 Å². The summed E-state index contributed by atoms with van der Waals surface area (Å²) in [5.74, 6) is -0.0274. The summed E-state index contributed by atoms with van der Waals surface area (Å²) in [4.78, 5) is 22.9. The van der Waals surface area contributed by atoms with Gasteiger partial charge in [0, 0.05) is 31.7 Å². The van der Waals surface area contributed by atoms with Crippen LogP contribution in [0.15, 0.2) is 48.9 Å². The van der Waals surface area contributed by atoms with Crippen molar-refractivity contribution < 1.29 is 9.18 Å². The SMILES string of the molecule is CCNC(=O)c1cn(-c2ccccc2)nc1[C@H]1CCCN(c2ncc(F)cn2)C1. The molecule has 0 aliphatic carbocycles. The lowest BCUT2D eigenvalue weighted by Gasteiger charge is -2.32. The zero-order valence-electron chi connectivity index (χ0n) is 16.3. The molecule has 0 unspecified atom stereocenters. The summed E-state index contributed by atoms with van der Waals surface area (Å²) in [7, 11) is 0. The first kappa shape index (κ1) is 19.0. The fraction of sp³-hybridized carbons (Fsp3) is 0.333. The third-order valence-corrected chi connectivity index (χ3v) is 5.04. The molecule has 1 aromatic carbocycles. The van der Waals surface area contributed by atoms with E-state index in [1.165, 1.54) is 12.4 Å². The molecule has 1 atom stereocenters. The normalized spacial score (nSPS) is 16.6. The Morgan fingerprint density at radius 2 is 2.00 bits per heavy atom. The minimum Gasteiger partial charge on any atom is -0.352 e. The van der Waals surface area contributed by atoms with Gasteiger partial charge >= 0.3 is 0 Å². The first-order valence-electron chi connectivity index (χ1n) is 9.81. The Morgan fingerprint density at radius 1 is 1.24 bits per heavy atom. The van der Waals surface area contributed by atoms with Crippen molar-refractivity contribution in [3.8, 4) is 5.69 Å². The van der Waals surface area contributed by atoms with E-state index in [-0.39, 0.29) is 11.8 Å². The summed E-state index contributed by atoms with van der Waals surface area (Å²) < 4.78 is 14.9. The first-order valence-corrected chi connectivity index (χ1v) is 9.81. The third kappa shape index (κ3) is 4.11. The van der Waals surface area contributed by atoms with Crippen LogP contribution in [0.25, 0.3) is 5.69 Å². The number of aromatic nitrogens is 4. The summed E-state index contributed by atoms with van der Waals surface area (Å²) in [6, 6.07) is 9.74. The van der Waals surface area contributed by atoms with Gasteiger partial charge in [-0.1, -0.05) is 18.2 Å². The van der Waals surface area contributed by atoms with E-state index in [2.05, 4.69) is 15.3 Å². The van der Waals surface area contributed by atoms with E-state index < -0.39 is 5.82 Å². The molecular weight excluding hydrogens is 371 g/mol. The molecule has 1 aliphatic heterocycles. The summed E-state index contributed by atoms with van der Waals surface area (Å²) in [6.45, 7) is 3.87. The van der Waals surface area contributed by atoms with Gasteiger partial charge in [0.2, 0.25) is 5.95 Å². The first-order chi connectivity index (χ1) is 14.2. The molecule has 1 N–H and O–H groups in total. The van der Waals surface area contributed by atoms with Crippen LogP contribution in [0.3, 0.4) is 0 Å².